The van der Waals surface area contributed by atoms with E-state index in [2.05, 4.69) is 32.6 Å². The highest BCUT2D eigenvalue weighted by Gasteiger charge is 2.50. The van der Waals surface area contributed by atoms with Crippen LogP contribution >= 0.6 is 0 Å². The van der Waals surface area contributed by atoms with Crippen LogP contribution in [-0.2, 0) is 9.53 Å². The summed E-state index contributed by atoms with van der Waals surface area (Å²) in [6, 6.07) is 0. The minimum Gasteiger partial charge on any atom is -0.462 e. The number of hydrogen-bond donors (Lipinski definition) is 1. The van der Waals surface area contributed by atoms with E-state index in [0.29, 0.717) is 17.3 Å². The van der Waals surface area contributed by atoms with Gasteiger partial charge in [0.25, 0.3) is 0 Å². The molecule has 1 N–H and O–H groups in total. The van der Waals surface area contributed by atoms with Gasteiger partial charge in [0, 0.05) is 6.42 Å². The van der Waals surface area contributed by atoms with E-state index in [0.717, 1.165) is 38.0 Å². The molecule has 3 aliphatic carbocycles. The van der Waals surface area contributed by atoms with Gasteiger partial charge in [-0.25, -0.2) is 0 Å². The molecule has 0 radical (unpaired) electrons. The Morgan fingerprint density at radius 1 is 1.21 bits per heavy atom. The fraction of sp³-hybridized carbons (Fsp3) is 0.774. The predicted molar refractivity (Wildman–Crippen MR) is 141 cm³/mol. The van der Waals surface area contributed by atoms with Gasteiger partial charge in [0.1, 0.15) is 6.10 Å². The molecule has 3 saturated carbocycles. The van der Waals surface area contributed by atoms with Gasteiger partial charge in [-0.1, -0.05) is 70.4 Å². The maximum absolute atomic E-state index is 12.1. The summed E-state index contributed by atoms with van der Waals surface area (Å²) < 4.78 is 5.74. The number of esters is 1. The van der Waals surface area contributed by atoms with Crippen molar-refractivity contribution in [2.45, 2.75) is 124 Å². The number of hydrogen-bond acceptors (Lipinski definition) is 3. The van der Waals surface area contributed by atoms with Crippen molar-refractivity contribution in [3.63, 3.8) is 0 Å². The lowest BCUT2D eigenvalue weighted by molar-refractivity contribution is -0.153. The van der Waals surface area contributed by atoms with Crippen LogP contribution in [0.15, 0.2) is 35.5 Å². The predicted octanol–water partition coefficient (Wildman–Crippen LogP) is 7.94. The molecule has 0 aromatic rings. The molecule has 3 heteroatoms. The molecule has 0 spiro atoms. The highest BCUT2D eigenvalue weighted by Crippen LogP contribution is 2.60. The summed E-state index contributed by atoms with van der Waals surface area (Å²) >= 11 is 0. The number of fused-ring (bicyclic) bond motifs is 1. The summed E-state index contributed by atoms with van der Waals surface area (Å²) in [5, 5.41) is 10.1. The third-order valence-electron chi connectivity index (χ3n) is 9.10. The second-order valence-electron chi connectivity index (χ2n) is 12.8. The lowest BCUT2D eigenvalue weighted by Crippen LogP contribution is -2.36. The van der Waals surface area contributed by atoms with Gasteiger partial charge < -0.3 is 9.84 Å². The summed E-state index contributed by atoms with van der Waals surface area (Å²) in [4.78, 5) is 12.1. The van der Waals surface area contributed by atoms with Crippen LogP contribution in [0.5, 0.6) is 0 Å². The summed E-state index contributed by atoms with van der Waals surface area (Å²) in [6.07, 6.45) is 17.0. The zero-order valence-corrected chi connectivity index (χ0v) is 22.8. The van der Waals surface area contributed by atoms with E-state index in [9.17, 15) is 9.90 Å². The second kappa shape index (κ2) is 11.1. The fourth-order valence-corrected chi connectivity index (χ4v) is 7.05. The Labute approximate surface area is 209 Å². The molecule has 0 aromatic carbocycles. The average molecular weight is 471 g/mol. The Hall–Kier alpha value is -1.35. The molecule has 3 fully saturated rings. The van der Waals surface area contributed by atoms with Gasteiger partial charge in [-0.2, -0.15) is 0 Å². The first-order valence-electron chi connectivity index (χ1n) is 13.9. The molecule has 5 atom stereocenters. The number of rotatable bonds is 8. The van der Waals surface area contributed by atoms with E-state index in [-0.39, 0.29) is 18.0 Å². The Balaban J connectivity index is 1.67. The van der Waals surface area contributed by atoms with Crippen LogP contribution in [0.4, 0.5) is 0 Å². The van der Waals surface area contributed by atoms with E-state index in [1.165, 1.54) is 49.7 Å². The van der Waals surface area contributed by atoms with Gasteiger partial charge in [-0.3, -0.25) is 4.79 Å². The van der Waals surface area contributed by atoms with Crippen molar-refractivity contribution in [3.8, 4) is 0 Å². The van der Waals surface area contributed by atoms with E-state index in [1.54, 1.807) is 5.57 Å². The largest absolute Gasteiger partial charge is 0.462 e. The van der Waals surface area contributed by atoms with E-state index >= 15 is 0 Å². The van der Waals surface area contributed by atoms with Crippen molar-refractivity contribution in [1.29, 1.82) is 0 Å². The Kier molecular flexibility index (Phi) is 8.93. The first kappa shape index (κ1) is 27.2. The number of carbonyl (C=O) groups excluding carboxylic acids is 1. The monoisotopic (exact) mass is 470 g/mol. The lowest BCUT2D eigenvalue weighted by Gasteiger charge is -2.44. The zero-order valence-electron chi connectivity index (χ0n) is 22.8. The van der Waals surface area contributed by atoms with Gasteiger partial charge in [0.05, 0.1) is 11.5 Å². The third kappa shape index (κ3) is 6.65. The Morgan fingerprint density at radius 3 is 2.62 bits per heavy atom. The number of carbonyl (C=O) groups is 1. The molecule has 0 saturated heterocycles. The summed E-state index contributed by atoms with van der Waals surface area (Å²) in [6.45, 7) is 17.0. The van der Waals surface area contributed by atoms with Crippen molar-refractivity contribution in [3.05, 3.63) is 35.5 Å². The van der Waals surface area contributed by atoms with Crippen molar-refractivity contribution in [2.75, 3.05) is 0 Å². The molecule has 3 rings (SSSR count). The van der Waals surface area contributed by atoms with E-state index in [1.807, 2.05) is 27.7 Å². The normalized spacial score (nSPS) is 33.4. The van der Waals surface area contributed by atoms with Gasteiger partial charge in [0.2, 0.25) is 0 Å². The van der Waals surface area contributed by atoms with Crippen molar-refractivity contribution in [2.24, 2.45) is 29.1 Å². The van der Waals surface area contributed by atoms with Gasteiger partial charge in [-0.05, 0) is 94.0 Å². The first-order valence-corrected chi connectivity index (χ1v) is 13.9. The summed E-state index contributed by atoms with van der Waals surface area (Å²) in [7, 11) is 0. The van der Waals surface area contributed by atoms with Crippen LogP contribution in [0.25, 0.3) is 0 Å². The van der Waals surface area contributed by atoms with Crippen molar-refractivity contribution >= 4 is 5.97 Å². The van der Waals surface area contributed by atoms with Gasteiger partial charge in [-0.15, -0.1) is 0 Å². The molecule has 0 aliphatic heterocycles. The second-order valence-corrected chi connectivity index (χ2v) is 12.8. The molecule has 192 valence electrons. The molecule has 34 heavy (non-hydrogen) atoms. The van der Waals surface area contributed by atoms with Crippen LogP contribution in [0.2, 0.25) is 0 Å². The van der Waals surface area contributed by atoms with Crippen LogP contribution < -0.4 is 0 Å². The molecule has 0 heterocycles. The number of aliphatic hydroxyl groups is 1. The molecule has 3 nitrogen and oxygen atoms in total. The van der Waals surface area contributed by atoms with Gasteiger partial charge >= 0.3 is 5.97 Å². The molecule has 0 aromatic heterocycles. The summed E-state index contributed by atoms with van der Waals surface area (Å²) in [5.41, 5.74) is 3.95. The smallest absolute Gasteiger partial charge is 0.308 e. The minimum atomic E-state index is -0.550. The Morgan fingerprint density at radius 2 is 1.94 bits per heavy atom. The molecule has 0 amide bonds. The maximum Gasteiger partial charge on any atom is 0.308 e. The van der Waals surface area contributed by atoms with Crippen LogP contribution in [-0.4, -0.2) is 22.8 Å². The van der Waals surface area contributed by atoms with Gasteiger partial charge in [0.15, 0.2) is 0 Å². The highest BCUT2D eigenvalue weighted by molar-refractivity contribution is 5.71. The summed E-state index contributed by atoms with van der Waals surface area (Å²) in [5.74, 6) is 2.01. The molecule has 0 unspecified atom stereocenters. The van der Waals surface area contributed by atoms with Crippen molar-refractivity contribution < 1.29 is 14.6 Å². The maximum atomic E-state index is 12.1. The van der Waals surface area contributed by atoms with E-state index < -0.39 is 5.60 Å². The molecule has 0 bridgehead atoms. The quantitative estimate of drug-likeness (QED) is 0.366. The third-order valence-corrected chi connectivity index (χ3v) is 9.10. The highest BCUT2D eigenvalue weighted by atomic mass is 16.5. The molecular weight excluding hydrogens is 420 g/mol. The van der Waals surface area contributed by atoms with E-state index in [4.69, 9.17) is 4.74 Å². The Bertz CT molecular complexity index is 796. The van der Waals surface area contributed by atoms with Crippen molar-refractivity contribution in [1.82, 2.24) is 0 Å². The number of allylic oxidation sites excluding steroid dienone is 4. The fourth-order valence-electron chi connectivity index (χ4n) is 7.05. The first-order chi connectivity index (χ1) is 15.9. The van der Waals surface area contributed by atoms with Crippen LogP contribution in [0.1, 0.15) is 112 Å². The average Bonchev–Trinajstić information content (AvgIpc) is 3.10. The number of ether oxygens (including phenoxy) is 1. The lowest BCUT2D eigenvalue weighted by atomic mass is 9.60. The topological polar surface area (TPSA) is 46.5 Å². The standard InChI is InChI=1S/C31H50O3/c1-21(2)29(32)34-26-15-12-22(3)25(20-26)14-13-24-11-9-19-31(7)27(16-17-28(24)31)23(4)10-8-18-30(5,6)33/h13-14,21,23,26-28,33H,3,8-12,15-20H2,1-2,4-7H3/b24-13+,25-14-/t23-,26+,27-,28+,31-/m1/s1. The molecular formula is C31H50O3. The minimum absolute atomic E-state index is 0.0118. The zero-order chi connectivity index (χ0) is 25.1. The van der Waals surface area contributed by atoms with Crippen LogP contribution in [0.3, 0.4) is 0 Å². The molecule has 3 aliphatic rings. The SMILES string of the molecule is C=C1CC[C@H](OC(=O)C(C)C)C/C1=C/C=C1\CCC[C@]2(C)[C@@H]([C@H](C)CCCC(C)(C)O)CC[C@@H]12. The van der Waals surface area contributed by atoms with Crippen LogP contribution in [0, 0.1) is 29.1 Å².